The van der Waals surface area contributed by atoms with Crippen molar-refractivity contribution in [3.8, 4) is 6.07 Å². The van der Waals surface area contributed by atoms with E-state index in [1.54, 1.807) is 29.8 Å². The maximum absolute atomic E-state index is 13.1. The largest absolute Gasteiger partial charge is 0.347 e. The number of aryl methyl sites for hydroxylation is 1. The summed E-state index contributed by atoms with van der Waals surface area (Å²) in [5, 5.41) is 12.0. The molecule has 2 heterocycles. The number of imidazole rings is 1. The molecule has 0 saturated carbocycles. The molecule has 2 atom stereocenters. The second-order valence-corrected chi connectivity index (χ2v) is 9.37. The summed E-state index contributed by atoms with van der Waals surface area (Å²) in [6.07, 6.45) is 2.91. The summed E-state index contributed by atoms with van der Waals surface area (Å²) in [6.45, 7) is 0.355. The predicted octanol–water partition coefficient (Wildman–Crippen LogP) is 1.88. The fraction of sp³-hybridized carbons (Fsp3) is 0.227. The minimum absolute atomic E-state index is 0.0180. The van der Waals surface area contributed by atoms with Crippen LogP contribution in [0.5, 0.6) is 0 Å². The van der Waals surface area contributed by atoms with Gasteiger partial charge in [-0.2, -0.15) is 9.57 Å². The van der Waals surface area contributed by atoms with Crippen molar-refractivity contribution in [2.45, 2.75) is 17.0 Å². The Kier molecular flexibility index (Phi) is 5.59. The molecule has 0 unspecified atom stereocenters. The van der Waals surface area contributed by atoms with Crippen molar-refractivity contribution in [3.05, 3.63) is 83.8 Å². The number of sulfonamides is 1. The second kappa shape index (κ2) is 8.34. The van der Waals surface area contributed by atoms with Crippen LogP contribution in [0.15, 0.2) is 72.1 Å². The number of aromatic nitrogens is 2. The summed E-state index contributed by atoms with van der Waals surface area (Å²) < 4.78 is 29.2. The molecular formula is C22H21N5O3S. The third-order valence-electron chi connectivity index (χ3n) is 5.37. The Morgan fingerprint density at radius 2 is 1.94 bits per heavy atom. The van der Waals surface area contributed by atoms with Crippen LogP contribution in [0.25, 0.3) is 0 Å². The molecule has 1 N–H and O–H groups in total. The molecule has 0 aliphatic carbocycles. The van der Waals surface area contributed by atoms with Crippen molar-refractivity contribution in [2.24, 2.45) is 7.05 Å². The first-order chi connectivity index (χ1) is 14.9. The SMILES string of the molecule is Cn1cnc(S(=O)(=O)N2C[C@H](NC(=O)c3cccc(C#N)c3)[C@@H](c3ccccc3)C2)c1. The van der Waals surface area contributed by atoms with Crippen LogP contribution >= 0.6 is 0 Å². The fourth-order valence-electron chi connectivity index (χ4n) is 3.78. The van der Waals surface area contributed by atoms with Crippen LogP contribution in [-0.2, 0) is 17.1 Å². The van der Waals surface area contributed by atoms with Gasteiger partial charge in [0, 0.05) is 37.8 Å². The van der Waals surface area contributed by atoms with Crippen LogP contribution in [0.2, 0.25) is 0 Å². The second-order valence-electron chi connectivity index (χ2n) is 7.49. The average molecular weight is 436 g/mol. The van der Waals surface area contributed by atoms with Crippen molar-refractivity contribution in [3.63, 3.8) is 0 Å². The number of hydrogen-bond donors (Lipinski definition) is 1. The normalized spacial score (nSPS) is 19.1. The molecule has 8 nitrogen and oxygen atoms in total. The summed E-state index contributed by atoms with van der Waals surface area (Å²) in [7, 11) is -2.09. The minimum Gasteiger partial charge on any atom is -0.347 e. The Balaban J connectivity index is 1.62. The molecule has 0 bridgehead atoms. The molecule has 158 valence electrons. The van der Waals surface area contributed by atoms with Gasteiger partial charge in [0.2, 0.25) is 0 Å². The number of hydrogen-bond acceptors (Lipinski definition) is 5. The number of benzene rings is 2. The predicted molar refractivity (Wildman–Crippen MR) is 114 cm³/mol. The third-order valence-corrected chi connectivity index (χ3v) is 7.09. The van der Waals surface area contributed by atoms with E-state index in [0.29, 0.717) is 11.1 Å². The minimum atomic E-state index is -3.80. The first kappa shape index (κ1) is 20.8. The third kappa shape index (κ3) is 4.21. The standard InChI is InChI=1S/C22H21N5O3S/c1-26-14-21(24-15-26)31(29,30)27-12-19(17-7-3-2-4-8-17)20(13-27)25-22(28)18-9-5-6-16(10-18)11-23/h2-10,14-15,19-20H,12-13H2,1H3,(H,25,28)/t19-,20+/m1/s1. The van der Waals surface area contributed by atoms with Crippen molar-refractivity contribution in [1.82, 2.24) is 19.2 Å². The summed E-state index contributed by atoms with van der Waals surface area (Å²) in [5.41, 5.74) is 1.69. The summed E-state index contributed by atoms with van der Waals surface area (Å²) in [4.78, 5) is 16.9. The van der Waals surface area contributed by atoms with E-state index in [0.717, 1.165) is 5.56 Å². The quantitative estimate of drug-likeness (QED) is 0.658. The van der Waals surface area contributed by atoms with E-state index in [9.17, 15) is 13.2 Å². The molecule has 0 radical (unpaired) electrons. The number of carbonyl (C=O) groups excluding carboxylic acids is 1. The zero-order chi connectivity index (χ0) is 22.0. The maximum atomic E-state index is 13.1. The van der Waals surface area contributed by atoms with Crippen LogP contribution in [-0.4, -0.2) is 47.3 Å². The topological polar surface area (TPSA) is 108 Å². The number of nitrogens with zero attached hydrogens (tertiary/aromatic N) is 4. The maximum Gasteiger partial charge on any atom is 0.262 e. The molecule has 1 fully saturated rings. The number of nitrogens with one attached hydrogen (secondary N) is 1. The number of rotatable bonds is 5. The van der Waals surface area contributed by atoms with Crippen molar-refractivity contribution in [1.29, 1.82) is 5.26 Å². The molecule has 31 heavy (non-hydrogen) atoms. The lowest BCUT2D eigenvalue weighted by molar-refractivity contribution is 0.0936. The Hall–Kier alpha value is -3.48. The van der Waals surface area contributed by atoms with Gasteiger partial charge in [-0.25, -0.2) is 13.4 Å². The first-order valence-corrected chi connectivity index (χ1v) is 11.2. The highest BCUT2D eigenvalue weighted by Crippen LogP contribution is 2.31. The smallest absolute Gasteiger partial charge is 0.262 e. The van der Waals surface area contributed by atoms with Crippen LogP contribution in [0, 0.1) is 11.3 Å². The lowest BCUT2D eigenvalue weighted by Gasteiger charge is -2.20. The highest BCUT2D eigenvalue weighted by Gasteiger charge is 2.41. The summed E-state index contributed by atoms with van der Waals surface area (Å²) >= 11 is 0. The van der Waals surface area contributed by atoms with E-state index < -0.39 is 16.1 Å². The zero-order valence-corrected chi connectivity index (χ0v) is 17.7. The van der Waals surface area contributed by atoms with Crippen LogP contribution in [0.4, 0.5) is 0 Å². The van der Waals surface area contributed by atoms with Gasteiger partial charge >= 0.3 is 0 Å². The van der Waals surface area contributed by atoms with Gasteiger partial charge in [0.25, 0.3) is 15.9 Å². The van der Waals surface area contributed by atoms with Gasteiger partial charge in [-0.3, -0.25) is 4.79 Å². The number of nitriles is 1. The van der Waals surface area contributed by atoms with Crippen LogP contribution in [0.3, 0.4) is 0 Å². The molecule has 4 rings (SSSR count). The lowest BCUT2D eigenvalue weighted by Crippen LogP contribution is -2.40. The van der Waals surface area contributed by atoms with E-state index in [2.05, 4.69) is 10.3 Å². The van der Waals surface area contributed by atoms with Gasteiger partial charge in [0.15, 0.2) is 5.03 Å². The molecule has 1 aromatic heterocycles. The van der Waals surface area contributed by atoms with E-state index in [-0.39, 0.29) is 29.9 Å². The van der Waals surface area contributed by atoms with Gasteiger partial charge in [0.1, 0.15) is 0 Å². The van der Waals surface area contributed by atoms with Gasteiger partial charge in [-0.15, -0.1) is 0 Å². The monoisotopic (exact) mass is 435 g/mol. The summed E-state index contributed by atoms with van der Waals surface area (Å²) in [5.74, 6) is -0.567. The Labute approximate surface area is 180 Å². The van der Waals surface area contributed by atoms with E-state index in [4.69, 9.17) is 5.26 Å². The van der Waals surface area contributed by atoms with Gasteiger partial charge < -0.3 is 9.88 Å². The van der Waals surface area contributed by atoms with E-state index in [1.807, 2.05) is 36.4 Å². The van der Waals surface area contributed by atoms with Gasteiger partial charge in [-0.05, 0) is 23.8 Å². The fourth-order valence-corrected chi connectivity index (χ4v) is 5.24. The van der Waals surface area contributed by atoms with Crippen molar-refractivity contribution < 1.29 is 13.2 Å². The highest BCUT2D eigenvalue weighted by molar-refractivity contribution is 7.89. The Bertz CT molecular complexity index is 1250. The lowest BCUT2D eigenvalue weighted by atomic mass is 9.94. The van der Waals surface area contributed by atoms with Crippen molar-refractivity contribution in [2.75, 3.05) is 13.1 Å². The molecule has 1 aliphatic rings. The molecule has 1 amide bonds. The Morgan fingerprint density at radius 3 is 2.61 bits per heavy atom. The van der Waals surface area contributed by atoms with Gasteiger partial charge in [0.05, 0.1) is 24.0 Å². The molecule has 9 heteroatoms. The molecule has 2 aromatic carbocycles. The molecule has 0 spiro atoms. The van der Waals surface area contributed by atoms with Crippen LogP contribution in [0.1, 0.15) is 27.4 Å². The average Bonchev–Trinajstić information content (AvgIpc) is 3.41. The molecule has 1 aliphatic heterocycles. The highest BCUT2D eigenvalue weighted by atomic mass is 32.2. The zero-order valence-electron chi connectivity index (χ0n) is 16.8. The van der Waals surface area contributed by atoms with Crippen LogP contribution < -0.4 is 5.32 Å². The first-order valence-electron chi connectivity index (χ1n) is 9.72. The van der Waals surface area contributed by atoms with E-state index in [1.165, 1.54) is 22.9 Å². The van der Waals surface area contributed by atoms with E-state index >= 15 is 0 Å². The number of amides is 1. The van der Waals surface area contributed by atoms with Crippen molar-refractivity contribution >= 4 is 15.9 Å². The molecule has 3 aromatic rings. The number of carbonyl (C=O) groups is 1. The summed E-state index contributed by atoms with van der Waals surface area (Å²) in [6, 6.07) is 17.5. The Morgan fingerprint density at radius 1 is 1.16 bits per heavy atom. The molecular weight excluding hydrogens is 414 g/mol. The van der Waals surface area contributed by atoms with Gasteiger partial charge in [-0.1, -0.05) is 36.4 Å². The molecule has 1 saturated heterocycles.